The maximum Gasteiger partial charge on any atom is 0.340 e. The highest BCUT2D eigenvalue weighted by atomic mass is 32.1. The Kier molecular flexibility index (Phi) is 4.09. The van der Waals surface area contributed by atoms with Crippen LogP contribution in [0.25, 0.3) is 11.4 Å². The summed E-state index contributed by atoms with van der Waals surface area (Å²) in [6, 6.07) is 4.16. The lowest BCUT2D eigenvalue weighted by atomic mass is 10.2. The zero-order valence-electron chi connectivity index (χ0n) is 10.7. The van der Waals surface area contributed by atoms with Gasteiger partial charge >= 0.3 is 6.03 Å². The fourth-order valence-electron chi connectivity index (χ4n) is 1.44. The standard InChI is InChI=1S/C11H12N8OS/c12-8(18-10(15)20)6-3-1-2-5(16-6)7-4-21-11(17-7)19-9(13)14/h1-4H,(H4,12,15,18,20)(H4,13,14,17,19). The van der Waals surface area contributed by atoms with Gasteiger partial charge in [0.05, 0.1) is 5.69 Å². The predicted molar refractivity (Wildman–Crippen MR) is 81.1 cm³/mol. The summed E-state index contributed by atoms with van der Waals surface area (Å²) in [5.74, 6) is -0.139. The molecule has 2 heterocycles. The number of amidine groups is 1. The van der Waals surface area contributed by atoms with Crippen molar-refractivity contribution < 1.29 is 4.79 Å². The molecule has 0 spiro atoms. The summed E-state index contributed by atoms with van der Waals surface area (Å²) in [7, 11) is 0. The van der Waals surface area contributed by atoms with Crippen LogP contribution < -0.4 is 22.9 Å². The molecule has 2 aromatic rings. The Balaban J connectivity index is 2.35. The van der Waals surface area contributed by atoms with Gasteiger partial charge in [0.15, 0.2) is 11.8 Å². The predicted octanol–water partition coefficient (Wildman–Crippen LogP) is -0.106. The smallest absolute Gasteiger partial charge is 0.340 e. The Bertz CT molecular complexity index is 731. The second-order valence-electron chi connectivity index (χ2n) is 3.80. The van der Waals surface area contributed by atoms with Crippen LogP contribution in [0.15, 0.2) is 33.6 Å². The van der Waals surface area contributed by atoms with Crippen LogP contribution in [0.2, 0.25) is 0 Å². The maximum atomic E-state index is 10.7. The Morgan fingerprint density at radius 3 is 2.52 bits per heavy atom. The molecule has 108 valence electrons. The van der Waals surface area contributed by atoms with Gasteiger partial charge in [-0.1, -0.05) is 6.07 Å². The average Bonchev–Trinajstić information content (AvgIpc) is 2.86. The van der Waals surface area contributed by atoms with Gasteiger partial charge in [-0.2, -0.15) is 9.98 Å². The molecule has 0 saturated heterocycles. The van der Waals surface area contributed by atoms with Crippen molar-refractivity contribution in [2.45, 2.75) is 0 Å². The van der Waals surface area contributed by atoms with Gasteiger partial charge in [0.1, 0.15) is 11.4 Å². The number of carbonyl (C=O) groups is 1. The number of pyridine rings is 1. The van der Waals surface area contributed by atoms with E-state index in [1.165, 1.54) is 11.3 Å². The zero-order chi connectivity index (χ0) is 15.4. The largest absolute Gasteiger partial charge is 0.382 e. The van der Waals surface area contributed by atoms with Crippen LogP contribution in [-0.2, 0) is 0 Å². The minimum absolute atomic E-state index is 0.0657. The Morgan fingerprint density at radius 1 is 1.10 bits per heavy atom. The molecule has 0 fully saturated rings. The second kappa shape index (κ2) is 5.96. The van der Waals surface area contributed by atoms with Crippen molar-refractivity contribution in [2.75, 3.05) is 0 Å². The summed E-state index contributed by atoms with van der Waals surface area (Å²) in [6.07, 6.45) is 0. The number of primary amides is 1. The van der Waals surface area contributed by atoms with Crippen LogP contribution in [0.3, 0.4) is 0 Å². The first-order chi connectivity index (χ1) is 9.95. The van der Waals surface area contributed by atoms with E-state index >= 15 is 0 Å². The van der Waals surface area contributed by atoms with E-state index in [-0.39, 0.29) is 11.8 Å². The van der Waals surface area contributed by atoms with Gasteiger partial charge in [0, 0.05) is 5.38 Å². The first-order valence-electron chi connectivity index (χ1n) is 5.62. The molecule has 0 aliphatic heterocycles. The normalized spacial score (nSPS) is 11.1. The Morgan fingerprint density at radius 2 is 1.86 bits per heavy atom. The lowest BCUT2D eigenvalue weighted by Crippen LogP contribution is -2.21. The van der Waals surface area contributed by atoms with Crippen molar-refractivity contribution in [3.8, 4) is 11.4 Å². The summed E-state index contributed by atoms with van der Waals surface area (Å²) in [4.78, 5) is 26.5. The molecule has 9 nitrogen and oxygen atoms in total. The van der Waals surface area contributed by atoms with Crippen molar-refractivity contribution >= 4 is 34.3 Å². The fraction of sp³-hybridized carbons (Fsp3) is 0. The van der Waals surface area contributed by atoms with Crippen LogP contribution in [0.4, 0.5) is 9.93 Å². The zero-order valence-corrected chi connectivity index (χ0v) is 11.5. The van der Waals surface area contributed by atoms with Gasteiger partial charge in [0.2, 0.25) is 5.13 Å². The molecular weight excluding hydrogens is 292 g/mol. The lowest BCUT2D eigenvalue weighted by molar-refractivity contribution is 0.256. The van der Waals surface area contributed by atoms with Crippen LogP contribution in [0, 0.1) is 0 Å². The minimum atomic E-state index is -0.886. The summed E-state index contributed by atoms with van der Waals surface area (Å²) in [5.41, 5.74) is 22.6. The van der Waals surface area contributed by atoms with E-state index in [1.54, 1.807) is 23.6 Å². The fourth-order valence-corrected chi connectivity index (χ4v) is 2.14. The van der Waals surface area contributed by atoms with Gasteiger partial charge in [-0.15, -0.1) is 11.3 Å². The highest BCUT2D eigenvalue weighted by Crippen LogP contribution is 2.25. The van der Waals surface area contributed by atoms with E-state index < -0.39 is 6.03 Å². The van der Waals surface area contributed by atoms with Gasteiger partial charge in [-0.3, -0.25) is 0 Å². The van der Waals surface area contributed by atoms with Gasteiger partial charge in [-0.05, 0) is 12.1 Å². The van der Waals surface area contributed by atoms with Crippen molar-refractivity contribution in [2.24, 2.45) is 32.9 Å². The van der Waals surface area contributed by atoms with Crippen molar-refractivity contribution in [3.63, 3.8) is 0 Å². The van der Waals surface area contributed by atoms with E-state index in [9.17, 15) is 4.79 Å². The number of hydrogen-bond donors (Lipinski definition) is 4. The third kappa shape index (κ3) is 3.73. The molecule has 0 atom stereocenters. The number of nitrogens with two attached hydrogens (primary N) is 4. The molecule has 0 unspecified atom stereocenters. The maximum absolute atomic E-state index is 10.7. The number of guanidine groups is 1. The number of thiazole rings is 1. The lowest BCUT2D eigenvalue weighted by Gasteiger charge is -2.01. The molecule has 0 saturated carbocycles. The number of carbonyl (C=O) groups excluding carboxylic acids is 1. The molecule has 21 heavy (non-hydrogen) atoms. The molecule has 10 heteroatoms. The molecule has 2 aromatic heterocycles. The number of hydrogen-bond acceptors (Lipinski definition) is 5. The summed E-state index contributed by atoms with van der Waals surface area (Å²) in [5, 5.41) is 2.16. The SMILES string of the molecule is NC(=O)N=C(N)c1cccc(-c2csc(N=C(N)N)n2)n1. The average molecular weight is 304 g/mol. The van der Waals surface area contributed by atoms with E-state index in [2.05, 4.69) is 20.0 Å². The monoisotopic (exact) mass is 304 g/mol. The van der Waals surface area contributed by atoms with Crippen LogP contribution in [0.5, 0.6) is 0 Å². The minimum Gasteiger partial charge on any atom is -0.382 e. The van der Waals surface area contributed by atoms with Crippen molar-refractivity contribution in [3.05, 3.63) is 29.3 Å². The molecule has 2 amide bonds. The highest BCUT2D eigenvalue weighted by Gasteiger charge is 2.08. The molecule has 0 radical (unpaired) electrons. The highest BCUT2D eigenvalue weighted by molar-refractivity contribution is 7.13. The first kappa shape index (κ1) is 14.4. The number of urea groups is 1. The molecule has 0 aliphatic rings. The van der Waals surface area contributed by atoms with Crippen molar-refractivity contribution in [1.29, 1.82) is 0 Å². The van der Waals surface area contributed by atoms with Gasteiger partial charge < -0.3 is 22.9 Å². The molecule has 8 N–H and O–H groups in total. The number of rotatable bonds is 3. The van der Waals surface area contributed by atoms with E-state index in [0.717, 1.165) is 0 Å². The Labute approximate surface area is 123 Å². The quantitative estimate of drug-likeness (QED) is 0.455. The van der Waals surface area contributed by atoms with Crippen LogP contribution in [0.1, 0.15) is 5.69 Å². The third-order valence-electron chi connectivity index (χ3n) is 2.22. The molecule has 2 rings (SSSR count). The van der Waals surface area contributed by atoms with E-state index in [0.29, 0.717) is 22.2 Å². The van der Waals surface area contributed by atoms with Crippen LogP contribution >= 0.6 is 11.3 Å². The molecule has 0 aliphatic carbocycles. The third-order valence-corrected chi connectivity index (χ3v) is 2.96. The Hall–Kier alpha value is -3.01. The topological polar surface area (TPSA) is 172 Å². The van der Waals surface area contributed by atoms with E-state index in [1.807, 2.05) is 0 Å². The summed E-state index contributed by atoms with van der Waals surface area (Å²) >= 11 is 1.26. The second-order valence-corrected chi connectivity index (χ2v) is 4.63. The van der Waals surface area contributed by atoms with Gasteiger partial charge in [-0.25, -0.2) is 14.8 Å². The first-order valence-corrected chi connectivity index (χ1v) is 6.50. The number of nitrogens with zero attached hydrogens (tertiary/aromatic N) is 4. The van der Waals surface area contributed by atoms with Crippen molar-refractivity contribution in [1.82, 2.24) is 9.97 Å². The van der Waals surface area contributed by atoms with Gasteiger partial charge in [0.25, 0.3) is 0 Å². The number of aliphatic imine (C=N–C) groups is 2. The van der Waals surface area contributed by atoms with E-state index in [4.69, 9.17) is 22.9 Å². The molecule has 0 aromatic carbocycles. The molecular formula is C11H12N8OS. The summed E-state index contributed by atoms with van der Waals surface area (Å²) < 4.78 is 0. The summed E-state index contributed by atoms with van der Waals surface area (Å²) in [6.45, 7) is 0. The molecule has 0 bridgehead atoms. The number of amides is 2. The van der Waals surface area contributed by atoms with Crippen LogP contribution in [-0.4, -0.2) is 27.8 Å². The number of aromatic nitrogens is 2.